The summed E-state index contributed by atoms with van der Waals surface area (Å²) in [4.78, 5) is 4.51. The average molecular weight is 319 g/mol. The number of anilines is 2. The lowest BCUT2D eigenvalue weighted by Crippen LogP contribution is -2.31. The molecule has 1 aliphatic rings. The Morgan fingerprint density at radius 3 is 2.42 bits per heavy atom. The molecule has 24 heavy (non-hydrogen) atoms. The van der Waals surface area contributed by atoms with Gasteiger partial charge in [-0.3, -0.25) is 0 Å². The van der Waals surface area contributed by atoms with Crippen molar-refractivity contribution >= 4 is 11.4 Å². The third-order valence-electron chi connectivity index (χ3n) is 5.00. The van der Waals surface area contributed by atoms with Crippen molar-refractivity contribution in [3.8, 4) is 6.07 Å². The summed E-state index contributed by atoms with van der Waals surface area (Å²) in [5.74, 6) is 0. The van der Waals surface area contributed by atoms with Gasteiger partial charge in [0.05, 0.1) is 11.5 Å². The van der Waals surface area contributed by atoms with E-state index in [0.29, 0.717) is 0 Å². The van der Waals surface area contributed by atoms with Gasteiger partial charge in [0.1, 0.15) is 0 Å². The summed E-state index contributed by atoms with van der Waals surface area (Å²) in [6, 6.07) is 19.6. The molecule has 0 aromatic heterocycles. The minimum Gasteiger partial charge on any atom is -0.341 e. The number of fused-ring (bicyclic) bond motifs is 2. The summed E-state index contributed by atoms with van der Waals surface area (Å²) in [6.45, 7) is 3.96. The van der Waals surface area contributed by atoms with Crippen molar-refractivity contribution in [2.24, 2.45) is 0 Å². The topological polar surface area (TPSA) is 30.3 Å². The number of para-hydroxylation sites is 2. The third kappa shape index (κ3) is 2.79. The maximum absolute atomic E-state index is 10.2. The second-order valence-electron chi connectivity index (χ2n) is 6.81. The fourth-order valence-electron chi connectivity index (χ4n) is 3.72. The minimum atomic E-state index is -0.485. The highest BCUT2D eigenvalue weighted by atomic mass is 15.1. The van der Waals surface area contributed by atoms with Crippen molar-refractivity contribution in [1.82, 2.24) is 4.90 Å². The zero-order valence-electron chi connectivity index (χ0n) is 14.8. The van der Waals surface area contributed by atoms with E-state index < -0.39 is 5.41 Å². The molecule has 1 heterocycles. The Balaban J connectivity index is 2.22. The van der Waals surface area contributed by atoms with Crippen LogP contribution in [0.2, 0.25) is 0 Å². The van der Waals surface area contributed by atoms with Crippen LogP contribution in [0, 0.1) is 11.3 Å². The molecule has 0 N–H and O–H groups in total. The second kappa shape index (κ2) is 6.67. The average Bonchev–Trinajstić information content (AvgIpc) is 2.72. The molecule has 3 rings (SSSR count). The molecule has 0 bridgehead atoms. The Hall–Kier alpha value is -2.31. The Morgan fingerprint density at radius 2 is 1.75 bits per heavy atom. The Bertz CT molecular complexity index is 760. The second-order valence-corrected chi connectivity index (χ2v) is 6.81. The molecule has 0 spiro atoms. The summed E-state index contributed by atoms with van der Waals surface area (Å²) in [7, 11) is 4.14. The lowest BCUT2D eigenvalue weighted by molar-refractivity contribution is 0.352. The number of hydrogen-bond acceptors (Lipinski definition) is 3. The maximum Gasteiger partial charge on any atom is 0.0895 e. The maximum atomic E-state index is 10.2. The predicted molar refractivity (Wildman–Crippen MR) is 99.7 cm³/mol. The predicted octanol–water partition coefficient (Wildman–Crippen LogP) is 4.11. The molecule has 0 aliphatic carbocycles. The Morgan fingerprint density at radius 1 is 1.08 bits per heavy atom. The zero-order chi connectivity index (χ0) is 17.2. The van der Waals surface area contributed by atoms with Gasteiger partial charge in [-0.2, -0.15) is 5.26 Å². The van der Waals surface area contributed by atoms with Crippen LogP contribution in [-0.2, 0) is 11.8 Å². The van der Waals surface area contributed by atoms with Gasteiger partial charge in [-0.25, -0.2) is 0 Å². The smallest absolute Gasteiger partial charge is 0.0895 e. The molecule has 0 radical (unpaired) electrons. The Kier molecular flexibility index (Phi) is 4.59. The normalized spacial score (nSPS) is 19.4. The van der Waals surface area contributed by atoms with E-state index in [1.807, 2.05) is 0 Å². The van der Waals surface area contributed by atoms with Gasteiger partial charge >= 0.3 is 0 Å². The van der Waals surface area contributed by atoms with Crippen molar-refractivity contribution in [3.05, 3.63) is 59.7 Å². The van der Waals surface area contributed by atoms with Crippen LogP contribution < -0.4 is 4.90 Å². The van der Waals surface area contributed by atoms with Crippen LogP contribution in [0.3, 0.4) is 0 Å². The van der Waals surface area contributed by atoms with Crippen molar-refractivity contribution < 1.29 is 0 Å². The van der Waals surface area contributed by atoms with Crippen LogP contribution in [-0.4, -0.2) is 32.1 Å². The van der Waals surface area contributed by atoms with Crippen LogP contribution >= 0.6 is 0 Å². The molecule has 0 saturated heterocycles. The first kappa shape index (κ1) is 16.5. The number of benzene rings is 2. The van der Waals surface area contributed by atoms with Crippen LogP contribution in [0.4, 0.5) is 11.4 Å². The van der Waals surface area contributed by atoms with Crippen LogP contribution in [0.5, 0.6) is 0 Å². The van der Waals surface area contributed by atoms with Crippen LogP contribution in [0.1, 0.15) is 24.5 Å². The highest BCUT2D eigenvalue weighted by Gasteiger charge is 2.38. The van der Waals surface area contributed by atoms with Gasteiger partial charge < -0.3 is 9.80 Å². The molecule has 124 valence electrons. The van der Waals surface area contributed by atoms with E-state index in [-0.39, 0.29) is 0 Å². The van der Waals surface area contributed by atoms with Crippen LogP contribution in [0.15, 0.2) is 48.5 Å². The number of nitrogens with zero attached hydrogens (tertiary/aromatic N) is 3. The van der Waals surface area contributed by atoms with E-state index in [4.69, 9.17) is 0 Å². The molecule has 2 aromatic rings. The van der Waals surface area contributed by atoms with Gasteiger partial charge in [0.2, 0.25) is 0 Å². The van der Waals surface area contributed by atoms with Gasteiger partial charge in [-0.1, -0.05) is 36.4 Å². The largest absolute Gasteiger partial charge is 0.341 e. The quantitative estimate of drug-likeness (QED) is 0.849. The van der Waals surface area contributed by atoms with E-state index in [9.17, 15) is 5.26 Å². The minimum absolute atomic E-state index is 0.485. The standard InChI is InChI=1S/C21H25N3/c1-4-24-19-11-7-5-9-17(19)15-21(16-22,13-14-23(2)3)18-10-6-8-12-20(18)24/h5-12H,4,13-15H2,1-3H3. The van der Waals surface area contributed by atoms with Gasteiger partial charge in [0.15, 0.2) is 0 Å². The first-order chi connectivity index (χ1) is 11.6. The van der Waals surface area contributed by atoms with Crippen molar-refractivity contribution in [1.29, 1.82) is 5.26 Å². The number of hydrogen-bond donors (Lipinski definition) is 0. The first-order valence-corrected chi connectivity index (χ1v) is 8.62. The SMILES string of the molecule is CCN1c2ccccc2CC(C#N)(CCN(C)C)c2ccccc21. The molecule has 3 heteroatoms. The first-order valence-electron chi connectivity index (χ1n) is 8.62. The summed E-state index contributed by atoms with van der Waals surface area (Å²) < 4.78 is 0. The molecule has 3 nitrogen and oxygen atoms in total. The number of nitriles is 1. The highest BCUT2D eigenvalue weighted by molar-refractivity contribution is 5.73. The van der Waals surface area contributed by atoms with Gasteiger partial charge in [-0.05, 0) is 63.7 Å². The fourth-order valence-corrected chi connectivity index (χ4v) is 3.72. The van der Waals surface area contributed by atoms with E-state index in [2.05, 4.69) is 85.4 Å². The molecular weight excluding hydrogens is 294 g/mol. The summed E-state index contributed by atoms with van der Waals surface area (Å²) in [5.41, 5.74) is 4.34. The van der Waals surface area contributed by atoms with E-state index in [1.54, 1.807) is 0 Å². The lowest BCUT2D eigenvalue weighted by atomic mass is 9.74. The van der Waals surface area contributed by atoms with Crippen LogP contribution in [0.25, 0.3) is 0 Å². The monoisotopic (exact) mass is 319 g/mol. The van der Waals surface area contributed by atoms with Gasteiger partial charge in [0.25, 0.3) is 0 Å². The van der Waals surface area contributed by atoms with Gasteiger partial charge in [0, 0.05) is 17.9 Å². The summed E-state index contributed by atoms with van der Waals surface area (Å²) in [6.07, 6.45) is 1.60. The molecule has 0 fully saturated rings. The summed E-state index contributed by atoms with van der Waals surface area (Å²) >= 11 is 0. The summed E-state index contributed by atoms with van der Waals surface area (Å²) in [5, 5.41) is 10.2. The third-order valence-corrected chi connectivity index (χ3v) is 5.00. The van der Waals surface area contributed by atoms with Crippen molar-refractivity contribution in [2.45, 2.75) is 25.2 Å². The van der Waals surface area contributed by atoms with E-state index in [0.717, 1.165) is 31.5 Å². The molecule has 1 unspecified atom stereocenters. The molecule has 1 atom stereocenters. The van der Waals surface area contributed by atoms with E-state index in [1.165, 1.54) is 16.9 Å². The zero-order valence-corrected chi connectivity index (χ0v) is 14.8. The molecule has 0 amide bonds. The van der Waals surface area contributed by atoms with Crippen molar-refractivity contribution in [3.63, 3.8) is 0 Å². The highest BCUT2D eigenvalue weighted by Crippen LogP contribution is 2.45. The molecule has 2 aromatic carbocycles. The molecular formula is C21H25N3. The molecule has 0 saturated carbocycles. The van der Waals surface area contributed by atoms with Gasteiger partial charge in [-0.15, -0.1) is 0 Å². The Labute approximate surface area is 145 Å². The fraction of sp³-hybridized carbons (Fsp3) is 0.381. The molecule has 1 aliphatic heterocycles. The van der Waals surface area contributed by atoms with Crippen molar-refractivity contribution in [2.75, 3.05) is 32.1 Å². The lowest BCUT2D eigenvalue weighted by Gasteiger charge is -2.30. The van der Waals surface area contributed by atoms with E-state index >= 15 is 0 Å². The number of rotatable bonds is 4.